The first-order valence-corrected chi connectivity index (χ1v) is 6.08. The van der Waals surface area contributed by atoms with E-state index in [0.29, 0.717) is 12.2 Å². The van der Waals surface area contributed by atoms with Gasteiger partial charge in [0.15, 0.2) is 0 Å². The number of amides is 1. The number of primary amides is 1. The molecule has 0 bridgehead atoms. The highest BCUT2D eigenvalue weighted by atomic mass is 16.1. The van der Waals surface area contributed by atoms with Crippen LogP contribution in [-0.4, -0.2) is 12.5 Å². The summed E-state index contributed by atoms with van der Waals surface area (Å²) in [6, 6.07) is 17.4. The minimum atomic E-state index is -0.363. The van der Waals surface area contributed by atoms with Gasteiger partial charge in [0.05, 0.1) is 6.54 Å². The summed E-state index contributed by atoms with van der Waals surface area (Å²) in [5.41, 5.74) is 13.8. The molecule has 0 atom stereocenters. The standard InChI is InChI=1S/C15H17N3O/c16-13-7-4-8-14(9-13)18(11-15(17)19)10-12-5-2-1-3-6-12/h1-9H,10-11,16H2,(H2,17,19). The first kappa shape index (κ1) is 13.0. The molecule has 0 aromatic heterocycles. The van der Waals surface area contributed by atoms with Crippen molar-refractivity contribution >= 4 is 17.3 Å². The monoisotopic (exact) mass is 255 g/mol. The van der Waals surface area contributed by atoms with Gasteiger partial charge in [-0.25, -0.2) is 0 Å². The molecule has 4 heteroatoms. The molecule has 0 saturated heterocycles. The average Bonchev–Trinajstić information content (AvgIpc) is 2.39. The Kier molecular flexibility index (Phi) is 4.03. The Morgan fingerprint density at radius 3 is 2.42 bits per heavy atom. The molecule has 0 aliphatic heterocycles. The molecule has 19 heavy (non-hydrogen) atoms. The summed E-state index contributed by atoms with van der Waals surface area (Å²) in [5.74, 6) is -0.363. The summed E-state index contributed by atoms with van der Waals surface area (Å²) in [7, 11) is 0. The Bertz CT molecular complexity index is 554. The predicted molar refractivity (Wildman–Crippen MR) is 77.5 cm³/mol. The summed E-state index contributed by atoms with van der Waals surface area (Å²) in [5, 5.41) is 0. The number of anilines is 2. The molecule has 0 fully saturated rings. The molecule has 0 saturated carbocycles. The molecule has 98 valence electrons. The van der Waals surface area contributed by atoms with Gasteiger partial charge in [0.1, 0.15) is 0 Å². The van der Waals surface area contributed by atoms with E-state index in [1.54, 1.807) is 0 Å². The van der Waals surface area contributed by atoms with Gasteiger partial charge in [-0.2, -0.15) is 0 Å². The second-order valence-corrected chi connectivity index (χ2v) is 4.40. The molecule has 0 heterocycles. The number of hydrogen-bond acceptors (Lipinski definition) is 3. The van der Waals surface area contributed by atoms with Crippen LogP contribution in [0.1, 0.15) is 5.56 Å². The number of rotatable bonds is 5. The Balaban J connectivity index is 2.23. The minimum absolute atomic E-state index is 0.165. The second-order valence-electron chi connectivity index (χ2n) is 4.40. The first-order valence-electron chi connectivity index (χ1n) is 6.08. The molecule has 0 aliphatic carbocycles. The highest BCUT2D eigenvalue weighted by Crippen LogP contribution is 2.19. The molecule has 0 aliphatic rings. The third-order valence-corrected chi connectivity index (χ3v) is 2.80. The number of nitrogens with zero attached hydrogens (tertiary/aromatic N) is 1. The van der Waals surface area contributed by atoms with Crippen LogP contribution >= 0.6 is 0 Å². The lowest BCUT2D eigenvalue weighted by Gasteiger charge is -2.23. The molecule has 4 N–H and O–H groups in total. The van der Waals surface area contributed by atoms with Gasteiger partial charge in [0.2, 0.25) is 5.91 Å². The summed E-state index contributed by atoms with van der Waals surface area (Å²) < 4.78 is 0. The Hall–Kier alpha value is -2.49. The van der Waals surface area contributed by atoms with Crippen molar-refractivity contribution in [2.75, 3.05) is 17.2 Å². The molecule has 4 nitrogen and oxygen atoms in total. The highest BCUT2D eigenvalue weighted by molar-refractivity contribution is 5.79. The molecule has 2 aromatic rings. The fourth-order valence-corrected chi connectivity index (χ4v) is 1.95. The third-order valence-electron chi connectivity index (χ3n) is 2.80. The van der Waals surface area contributed by atoms with E-state index in [1.165, 1.54) is 0 Å². The number of benzene rings is 2. The van der Waals surface area contributed by atoms with Gasteiger partial charge in [-0.05, 0) is 23.8 Å². The number of nitrogens with two attached hydrogens (primary N) is 2. The topological polar surface area (TPSA) is 72.4 Å². The van der Waals surface area contributed by atoms with Crippen LogP contribution in [0.3, 0.4) is 0 Å². The van der Waals surface area contributed by atoms with Crippen LogP contribution in [0, 0.1) is 0 Å². The van der Waals surface area contributed by atoms with E-state index in [2.05, 4.69) is 0 Å². The van der Waals surface area contributed by atoms with Gasteiger partial charge in [0, 0.05) is 17.9 Å². The Labute approximate surface area is 112 Å². The van der Waals surface area contributed by atoms with Crippen molar-refractivity contribution in [3.8, 4) is 0 Å². The smallest absolute Gasteiger partial charge is 0.236 e. The summed E-state index contributed by atoms with van der Waals surface area (Å²) in [4.78, 5) is 13.1. The van der Waals surface area contributed by atoms with Gasteiger partial charge < -0.3 is 16.4 Å². The molecule has 2 aromatic carbocycles. The van der Waals surface area contributed by atoms with E-state index in [4.69, 9.17) is 11.5 Å². The molecule has 1 amide bonds. The van der Waals surface area contributed by atoms with E-state index < -0.39 is 0 Å². The van der Waals surface area contributed by atoms with Crippen LogP contribution in [0.25, 0.3) is 0 Å². The quantitative estimate of drug-likeness (QED) is 0.800. The van der Waals surface area contributed by atoms with Crippen molar-refractivity contribution in [2.24, 2.45) is 5.73 Å². The molecular weight excluding hydrogens is 238 g/mol. The van der Waals surface area contributed by atoms with Crippen molar-refractivity contribution in [3.63, 3.8) is 0 Å². The van der Waals surface area contributed by atoms with Gasteiger partial charge in [-0.3, -0.25) is 4.79 Å². The molecular formula is C15H17N3O. The lowest BCUT2D eigenvalue weighted by molar-refractivity contribution is -0.116. The van der Waals surface area contributed by atoms with Crippen molar-refractivity contribution in [2.45, 2.75) is 6.54 Å². The number of carbonyl (C=O) groups is 1. The SMILES string of the molecule is NC(=O)CN(Cc1ccccc1)c1cccc(N)c1. The summed E-state index contributed by atoms with van der Waals surface area (Å²) in [6.07, 6.45) is 0. The second kappa shape index (κ2) is 5.91. The van der Waals surface area contributed by atoms with Crippen LogP contribution in [0.2, 0.25) is 0 Å². The minimum Gasteiger partial charge on any atom is -0.399 e. The maximum Gasteiger partial charge on any atom is 0.236 e. The van der Waals surface area contributed by atoms with Crippen LogP contribution in [-0.2, 0) is 11.3 Å². The summed E-state index contributed by atoms with van der Waals surface area (Å²) in [6.45, 7) is 0.783. The maximum atomic E-state index is 11.2. The first-order chi connectivity index (χ1) is 9.15. The Morgan fingerprint density at radius 1 is 1.05 bits per heavy atom. The normalized spacial score (nSPS) is 10.1. The van der Waals surface area contributed by atoms with E-state index in [0.717, 1.165) is 11.3 Å². The zero-order chi connectivity index (χ0) is 13.7. The van der Waals surface area contributed by atoms with Crippen molar-refractivity contribution in [1.29, 1.82) is 0 Å². The van der Waals surface area contributed by atoms with Crippen LogP contribution in [0.5, 0.6) is 0 Å². The van der Waals surface area contributed by atoms with E-state index in [1.807, 2.05) is 59.5 Å². The van der Waals surface area contributed by atoms with Gasteiger partial charge >= 0.3 is 0 Å². The van der Waals surface area contributed by atoms with Crippen LogP contribution < -0.4 is 16.4 Å². The average molecular weight is 255 g/mol. The lowest BCUT2D eigenvalue weighted by atomic mass is 10.2. The zero-order valence-corrected chi connectivity index (χ0v) is 10.6. The zero-order valence-electron chi connectivity index (χ0n) is 10.6. The molecule has 0 spiro atoms. The lowest BCUT2D eigenvalue weighted by Crippen LogP contribution is -2.33. The van der Waals surface area contributed by atoms with Crippen LogP contribution in [0.4, 0.5) is 11.4 Å². The highest BCUT2D eigenvalue weighted by Gasteiger charge is 2.10. The fourth-order valence-electron chi connectivity index (χ4n) is 1.95. The van der Waals surface area contributed by atoms with Crippen LogP contribution in [0.15, 0.2) is 54.6 Å². The van der Waals surface area contributed by atoms with Gasteiger partial charge in [-0.15, -0.1) is 0 Å². The predicted octanol–water partition coefficient (Wildman–Crippen LogP) is 1.76. The van der Waals surface area contributed by atoms with Gasteiger partial charge in [-0.1, -0.05) is 36.4 Å². The summed E-state index contributed by atoms with van der Waals surface area (Å²) >= 11 is 0. The van der Waals surface area contributed by atoms with Crippen molar-refractivity contribution in [3.05, 3.63) is 60.2 Å². The molecule has 0 unspecified atom stereocenters. The van der Waals surface area contributed by atoms with E-state index >= 15 is 0 Å². The largest absolute Gasteiger partial charge is 0.399 e. The third kappa shape index (κ3) is 3.74. The fraction of sp³-hybridized carbons (Fsp3) is 0.133. The number of nitrogen functional groups attached to an aromatic ring is 1. The van der Waals surface area contributed by atoms with Crippen molar-refractivity contribution < 1.29 is 4.79 Å². The van der Waals surface area contributed by atoms with E-state index in [-0.39, 0.29) is 12.5 Å². The molecule has 2 rings (SSSR count). The number of carbonyl (C=O) groups excluding carboxylic acids is 1. The maximum absolute atomic E-state index is 11.2. The van der Waals surface area contributed by atoms with Crippen molar-refractivity contribution in [1.82, 2.24) is 0 Å². The van der Waals surface area contributed by atoms with Gasteiger partial charge in [0.25, 0.3) is 0 Å². The number of hydrogen-bond donors (Lipinski definition) is 2. The Morgan fingerprint density at radius 2 is 1.79 bits per heavy atom. The molecule has 0 radical (unpaired) electrons. The van der Waals surface area contributed by atoms with E-state index in [9.17, 15) is 4.79 Å².